The molecule has 0 bridgehead atoms. The summed E-state index contributed by atoms with van der Waals surface area (Å²) < 4.78 is 16.9. The molecule has 0 rings (SSSR count). The lowest BCUT2D eigenvalue weighted by molar-refractivity contribution is -0.167. The van der Waals surface area contributed by atoms with Gasteiger partial charge in [-0.05, 0) is 89.9 Å². The molecule has 0 aromatic rings. The molecule has 1 atom stereocenters. The number of hydrogen-bond acceptors (Lipinski definition) is 6. The number of unbranched alkanes of at least 4 members (excludes halogenated alkanes) is 31. The van der Waals surface area contributed by atoms with Crippen molar-refractivity contribution < 1.29 is 28.6 Å². The first-order chi connectivity index (χ1) is 34.5. The van der Waals surface area contributed by atoms with Crippen LogP contribution in [0.5, 0.6) is 0 Å². The third kappa shape index (κ3) is 55.8. The molecule has 70 heavy (non-hydrogen) atoms. The van der Waals surface area contributed by atoms with Gasteiger partial charge < -0.3 is 14.2 Å². The van der Waals surface area contributed by atoms with Crippen LogP contribution >= 0.6 is 0 Å². The molecule has 0 N–H and O–H groups in total. The molecule has 0 aliphatic heterocycles. The Labute approximate surface area is 433 Å². The average molecular weight is 978 g/mol. The molecular formula is C64H112O6. The predicted molar refractivity (Wildman–Crippen MR) is 302 cm³/mol. The fourth-order valence-corrected chi connectivity index (χ4v) is 8.47. The number of rotatable bonds is 54. The molecule has 404 valence electrons. The molecule has 0 saturated heterocycles. The molecule has 0 aliphatic rings. The maximum Gasteiger partial charge on any atom is 0.306 e. The van der Waals surface area contributed by atoms with E-state index < -0.39 is 6.10 Å². The molecule has 0 spiro atoms. The Morgan fingerprint density at radius 3 is 0.871 bits per heavy atom. The lowest BCUT2D eigenvalue weighted by atomic mass is 10.0. The van der Waals surface area contributed by atoms with Gasteiger partial charge >= 0.3 is 17.9 Å². The van der Waals surface area contributed by atoms with Gasteiger partial charge in [0.05, 0.1) is 0 Å². The smallest absolute Gasteiger partial charge is 0.306 e. The van der Waals surface area contributed by atoms with Gasteiger partial charge in [0.25, 0.3) is 0 Å². The summed E-state index contributed by atoms with van der Waals surface area (Å²) in [5.41, 5.74) is 0. The quantitative estimate of drug-likeness (QED) is 0.0261. The number of carbonyl (C=O) groups is 3. The first kappa shape index (κ1) is 66.9. The van der Waals surface area contributed by atoms with Crippen molar-refractivity contribution >= 4 is 17.9 Å². The van der Waals surface area contributed by atoms with E-state index in [9.17, 15) is 14.4 Å². The van der Waals surface area contributed by atoms with Crippen molar-refractivity contribution in [3.8, 4) is 0 Å². The van der Waals surface area contributed by atoms with Gasteiger partial charge in [0.2, 0.25) is 0 Å². The topological polar surface area (TPSA) is 78.9 Å². The van der Waals surface area contributed by atoms with Crippen LogP contribution in [0.3, 0.4) is 0 Å². The Bertz CT molecular complexity index is 1310. The van der Waals surface area contributed by atoms with E-state index in [-0.39, 0.29) is 31.1 Å². The van der Waals surface area contributed by atoms with Gasteiger partial charge in [0.15, 0.2) is 6.10 Å². The van der Waals surface area contributed by atoms with E-state index in [2.05, 4.69) is 93.7 Å². The molecule has 1 unspecified atom stereocenters. The summed E-state index contributed by atoms with van der Waals surface area (Å²) in [6.45, 7) is 6.52. The molecule has 0 fully saturated rings. The molecule has 0 aromatic heterocycles. The Hall–Kier alpha value is -3.15. The Morgan fingerprint density at radius 2 is 0.557 bits per heavy atom. The molecule has 0 heterocycles. The van der Waals surface area contributed by atoms with Crippen molar-refractivity contribution in [1.82, 2.24) is 0 Å². The summed E-state index contributed by atoms with van der Waals surface area (Å²) in [7, 11) is 0. The Balaban J connectivity index is 4.35. The number of carbonyl (C=O) groups excluding carboxylic acids is 3. The minimum absolute atomic E-state index is 0.0826. The van der Waals surface area contributed by atoms with Gasteiger partial charge in [-0.15, -0.1) is 0 Å². The van der Waals surface area contributed by atoms with Crippen LogP contribution in [0.25, 0.3) is 0 Å². The van der Waals surface area contributed by atoms with Crippen LogP contribution in [-0.2, 0) is 28.6 Å². The molecule has 0 aliphatic carbocycles. The van der Waals surface area contributed by atoms with Gasteiger partial charge in [-0.2, -0.15) is 0 Å². The molecule has 6 heteroatoms. The van der Waals surface area contributed by atoms with Crippen molar-refractivity contribution in [2.45, 2.75) is 303 Å². The van der Waals surface area contributed by atoms with E-state index in [1.54, 1.807) is 0 Å². The maximum absolute atomic E-state index is 12.9. The molecular weight excluding hydrogens is 865 g/mol. The Morgan fingerprint density at radius 1 is 0.300 bits per heavy atom. The first-order valence-electron chi connectivity index (χ1n) is 29.9. The van der Waals surface area contributed by atoms with Crippen molar-refractivity contribution in [3.63, 3.8) is 0 Å². The third-order valence-electron chi connectivity index (χ3n) is 12.9. The lowest BCUT2D eigenvalue weighted by Crippen LogP contribution is -2.30. The number of esters is 3. The maximum atomic E-state index is 12.9. The average Bonchev–Trinajstić information content (AvgIpc) is 3.36. The summed E-state index contributed by atoms with van der Waals surface area (Å²) >= 11 is 0. The van der Waals surface area contributed by atoms with Crippen LogP contribution in [0, 0.1) is 0 Å². The van der Waals surface area contributed by atoms with Crippen molar-refractivity contribution in [2.24, 2.45) is 0 Å². The van der Waals surface area contributed by atoms with Gasteiger partial charge in [0.1, 0.15) is 13.2 Å². The van der Waals surface area contributed by atoms with Gasteiger partial charge in [0, 0.05) is 19.3 Å². The van der Waals surface area contributed by atoms with Crippen LogP contribution < -0.4 is 0 Å². The minimum atomic E-state index is -0.787. The van der Waals surface area contributed by atoms with Crippen LogP contribution in [0.4, 0.5) is 0 Å². The van der Waals surface area contributed by atoms with Crippen molar-refractivity contribution in [3.05, 3.63) is 72.9 Å². The van der Waals surface area contributed by atoms with E-state index in [0.717, 1.165) is 116 Å². The summed E-state index contributed by atoms with van der Waals surface area (Å²) in [4.78, 5) is 38.2. The largest absolute Gasteiger partial charge is 0.462 e. The normalized spacial score (nSPS) is 12.6. The predicted octanol–water partition coefficient (Wildman–Crippen LogP) is 20.2. The minimum Gasteiger partial charge on any atom is -0.462 e. The highest BCUT2D eigenvalue weighted by atomic mass is 16.6. The molecule has 0 radical (unpaired) electrons. The second-order valence-corrected chi connectivity index (χ2v) is 19.9. The zero-order valence-electron chi connectivity index (χ0n) is 46.3. The molecule has 6 nitrogen and oxygen atoms in total. The lowest BCUT2D eigenvalue weighted by Gasteiger charge is -2.18. The first-order valence-corrected chi connectivity index (χ1v) is 29.9. The standard InChI is InChI=1S/C64H112O6/c1-4-7-10-13-16-19-22-25-28-29-30-31-32-33-34-35-37-39-42-45-48-51-54-57-63(66)69-60-61(59-68-62(65)56-53-50-47-44-41-38-27-24-21-18-15-12-9-6-3)70-64(67)58-55-52-49-46-43-40-36-26-23-20-17-14-11-8-5-2/h8,11,17,20,22,25-26,29-30,32-33,36,61H,4-7,9-10,12-16,18-19,21,23-24,27-28,31,34-35,37-60H2,1-3H3/b11-8-,20-17-,25-22-,30-29-,33-32-,36-26-. The summed E-state index contributed by atoms with van der Waals surface area (Å²) in [6, 6.07) is 0. The molecule has 0 amide bonds. The number of hydrogen-bond donors (Lipinski definition) is 0. The molecule has 0 aromatic carbocycles. The van der Waals surface area contributed by atoms with Crippen LogP contribution in [0.2, 0.25) is 0 Å². The van der Waals surface area contributed by atoms with E-state index in [1.807, 2.05) is 0 Å². The van der Waals surface area contributed by atoms with Crippen molar-refractivity contribution in [1.29, 1.82) is 0 Å². The van der Waals surface area contributed by atoms with Crippen molar-refractivity contribution in [2.75, 3.05) is 13.2 Å². The summed E-state index contributed by atoms with van der Waals surface area (Å²) in [5.74, 6) is -0.896. The van der Waals surface area contributed by atoms with E-state index in [0.29, 0.717) is 19.3 Å². The van der Waals surface area contributed by atoms with E-state index >= 15 is 0 Å². The highest BCUT2D eigenvalue weighted by molar-refractivity contribution is 5.71. The van der Waals surface area contributed by atoms with Gasteiger partial charge in [-0.1, -0.05) is 261 Å². The zero-order chi connectivity index (χ0) is 50.7. The number of allylic oxidation sites excluding steroid dienone is 12. The number of ether oxygens (including phenoxy) is 3. The van der Waals surface area contributed by atoms with Gasteiger partial charge in [-0.25, -0.2) is 0 Å². The summed E-state index contributed by atoms with van der Waals surface area (Å²) in [5, 5.41) is 0. The highest BCUT2D eigenvalue weighted by Crippen LogP contribution is 2.16. The van der Waals surface area contributed by atoms with Gasteiger partial charge in [-0.3, -0.25) is 14.4 Å². The van der Waals surface area contributed by atoms with E-state index in [4.69, 9.17) is 14.2 Å². The monoisotopic (exact) mass is 977 g/mol. The molecule has 0 saturated carbocycles. The summed E-state index contributed by atoms with van der Waals surface area (Å²) in [6.07, 6.45) is 74.6. The van der Waals surface area contributed by atoms with E-state index in [1.165, 1.54) is 141 Å². The Kier molecular flexibility index (Phi) is 55.8. The highest BCUT2D eigenvalue weighted by Gasteiger charge is 2.19. The SMILES string of the molecule is CC/C=C\C/C=C\C/C=C\CCCCCCCC(=O)OC(COC(=O)CCCCCCCCCC/C=C\C/C=C\C/C=C\CCCCCCC)COC(=O)CCCCCCCCCCCCCCCC. The second kappa shape index (κ2) is 58.4. The fraction of sp³-hybridized carbons (Fsp3) is 0.766. The van der Waals surface area contributed by atoms with Crippen LogP contribution in [0.15, 0.2) is 72.9 Å². The second-order valence-electron chi connectivity index (χ2n) is 19.9. The fourth-order valence-electron chi connectivity index (χ4n) is 8.47. The van der Waals surface area contributed by atoms with Crippen LogP contribution in [0.1, 0.15) is 297 Å². The zero-order valence-corrected chi connectivity index (χ0v) is 46.3. The van der Waals surface area contributed by atoms with Crippen LogP contribution in [-0.4, -0.2) is 37.2 Å². The third-order valence-corrected chi connectivity index (χ3v) is 12.9.